The molecule has 1 heterocycles. The van der Waals surface area contributed by atoms with Crippen molar-refractivity contribution in [2.45, 2.75) is 24.7 Å². The molecule has 1 N–H and O–H groups in total. The molecule has 0 bridgehead atoms. The number of rotatable bonds is 5. The fraction of sp³-hybridized carbons (Fsp3) is 0.263. The molecule has 2 aromatic rings. The summed E-state index contributed by atoms with van der Waals surface area (Å²) in [6, 6.07) is 10.7. The summed E-state index contributed by atoms with van der Waals surface area (Å²) in [6.45, 7) is 2.36. The maximum Gasteiger partial charge on any atom is 0.337 e. The lowest BCUT2D eigenvalue weighted by Crippen LogP contribution is -2.27. The van der Waals surface area contributed by atoms with Gasteiger partial charge in [0, 0.05) is 24.3 Å². The van der Waals surface area contributed by atoms with Crippen LogP contribution >= 0.6 is 0 Å². The van der Waals surface area contributed by atoms with E-state index < -0.39 is 16.0 Å². The molecule has 0 spiro atoms. The first-order valence-electron chi connectivity index (χ1n) is 8.50. The normalized spacial score (nSPS) is 13.2. The fourth-order valence-electron chi connectivity index (χ4n) is 3.00. The van der Waals surface area contributed by atoms with Crippen molar-refractivity contribution in [3.05, 3.63) is 53.6 Å². The molecule has 0 unspecified atom stereocenters. The van der Waals surface area contributed by atoms with Gasteiger partial charge in [-0.15, -0.1) is 0 Å². The number of anilines is 2. The van der Waals surface area contributed by atoms with Crippen molar-refractivity contribution >= 4 is 33.3 Å². The average molecular weight is 388 g/mol. The largest absolute Gasteiger partial charge is 0.465 e. The number of esters is 1. The minimum atomic E-state index is -3.79. The van der Waals surface area contributed by atoms with Gasteiger partial charge in [0.05, 0.1) is 17.6 Å². The quantitative estimate of drug-likeness (QED) is 0.795. The summed E-state index contributed by atoms with van der Waals surface area (Å²) in [5.41, 5.74) is 2.27. The third-order valence-electron chi connectivity index (χ3n) is 4.42. The smallest absolute Gasteiger partial charge is 0.337 e. The first-order valence-corrected chi connectivity index (χ1v) is 9.98. The predicted molar refractivity (Wildman–Crippen MR) is 101 cm³/mol. The molecule has 8 heteroatoms. The second-order valence-electron chi connectivity index (χ2n) is 6.11. The maximum atomic E-state index is 12.7. The number of ether oxygens (including phenoxy) is 1. The number of sulfonamides is 1. The Balaban J connectivity index is 1.82. The Morgan fingerprint density at radius 3 is 2.48 bits per heavy atom. The van der Waals surface area contributed by atoms with Gasteiger partial charge in [-0.05, 0) is 54.4 Å². The number of benzene rings is 2. The third kappa shape index (κ3) is 3.80. The van der Waals surface area contributed by atoms with Crippen molar-refractivity contribution in [2.75, 3.05) is 23.3 Å². The lowest BCUT2D eigenvalue weighted by Gasteiger charge is -2.16. The summed E-state index contributed by atoms with van der Waals surface area (Å²) >= 11 is 0. The molecule has 2 aromatic carbocycles. The summed E-state index contributed by atoms with van der Waals surface area (Å²) in [5.74, 6) is -0.470. The van der Waals surface area contributed by atoms with Crippen LogP contribution in [0.4, 0.5) is 11.4 Å². The molecular weight excluding hydrogens is 368 g/mol. The molecule has 1 aliphatic rings. The molecule has 3 rings (SSSR count). The van der Waals surface area contributed by atoms with Crippen molar-refractivity contribution < 1.29 is 22.7 Å². The first-order chi connectivity index (χ1) is 12.9. The summed E-state index contributed by atoms with van der Waals surface area (Å²) in [5, 5.41) is 0. The van der Waals surface area contributed by atoms with E-state index in [0.29, 0.717) is 30.6 Å². The van der Waals surface area contributed by atoms with E-state index in [0.717, 1.165) is 11.3 Å². The van der Waals surface area contributed by atoms with E-state index in [9.17, 15) is 18.0 Å². The minimum Gasteiger partial charge on any atom is -0.465 e. The van der Waals surface area contributed by atoms with Crippen LogP contribution < -0.4 is 9.62 Å². The topological polar surface area (TPSA) is 92.8 Å². The van der Waals surface area contributed by atoms with Crippen LogP contribution in [0.5, 0.6) is 0 Å². The number of carbonyl (C=O) groups excluding carboxylic acids is 2. The lowest BCUT2D eigenvalue weighted by atomic mass is 10.2. The second kappa shape index (κ2) is 7.40. The van der Waals surface area contributed by atoms with Crippen LogP contribution in [0.3, 0.4) is 0 Å². The van der Waals surface area contributed by atoms with Gasteiger partial charge in [-0.2, -0.15) is 0 Å². The predicted octanol–water partition coefficient (Wildman–Crippen LogP) is 2.57. The van der Waals surface area contributed by atoms with E-state index in [1.807, 2.05) is 0 Å². The van der Waals surface area contributed by atoms with Crippen LogP contribution in [0.25, 0.3) is 0 Å². The number of hydrogen-bond donors (Lipinski definition) is 1. The van der Waals surface area contributed by atoms with Crippen LogP contribution in [0.2, 0.25) is 0 Å². The number of hydrogen-bond acceptors (Lipinski definition) is 5. The lowest BCUT2D eigenvalue weighted by molar-refractivity contribution is -0.118. The van der Waals surface area contributed by atoms with E-state index >= 15 is 0 Å². The summed E-state index contributed by atoms with van der Waals surface area (Å²) in [7, 11) is -2.51. The van der Waals surface area contributed by atoms with Crippen LogP contribution in [0.1, 0.15) is 29.3 Å². The van der Waals surface area contributed by atoms with Crippen LogP contribution in [-0.2, 0) is 26.0 Å². The molecule has 0 atom stereocenters. The molecular formula is C19H20N2O5S. The summed E-state index contributed by atoms with van der Waals surface area (Å²) in [4.78, 5) is 25.2. The van der Waals surface area contributed by atoms with Crippen molar-refractivity contribution in [1.82, 2.24) is 0 Å². The molecule has 0 saturated carbocycles. The molecule has 0 aromatic heterocycles. The van der Waals surface area contributed by atoms with Crippen molar-refractivity contribution in [3.63, 3.8) is 0 Å². The van der Waals surface area contributed by atoms with Crippen LogP contribution in [-0.4, -0.2) is 33.9 Å². The average Bonchev–Trinajstić information content (AvgIpc) is 3.10. The molecule has 27 heavy (non-hydrogen) atoms. The van der Waals surface area contributed by atoms with Gasteiger partial charge in [0.2, 0.25) is 5.91 Å². The molecule has 7 nitrogen and oxygen atoms in total. The number of carbonyl (C=O) groups is 2. The van der Waals surface area contributed by atoms with Gasteiger partial charge in [-0.1, -0.05) is 6.92 Å². The van der Waals surface area contributed by atoms with E-state index in [1.165, 1.54) is 37.4 Å². The molecule has 1 aliphatic heterocycles. The number of methoxy groups -OCH3 is 1. The van der Waals surface area contributed by atoms with Crippen LogP contribution in [0.15, 0.2) is 47.4 Å². The number of amides is 1. The second-order valence-corrected chi connectivity index (χ2v) is 7.80. The molecule has 1 amide bonds. The first kappa shape index (κ1) is 18.9. The Kier molecular flexibility index (Phi) is 5.18. The Hall–Kier alpha value is -2.87. The zero-order valence-corrected chi connectivity index (χ0v) is 15.9. The van der Waals surface area contributed by atoms with Crippen LogP contribution in [0, 0.1) is 0 Å². The van der Waals surface area contributed by atoms with Crippen molar-refractivity contribution in [2.24, 2.45) is 0 Å². The highest BCUT2D eigenvalue weighted by Gasteiger charge is 2.25. The number of fused-ring (bicyclic) bond motifs is 1. The molecule has 142 valence electrons. The minimum absolute atomic E-state index is 0.0215. The summed E-state index contributed by atoms with van der Waals surface area (Å²) in [6.07, 6.45) is 1.03. The molecule has 0 fully saturated rings. The summed E-state index contributed by atoms with van der Waals surface area (Å²) < 4.78 is 32.4. The SMILES string of the molecule is CCC(=O)N1CCc2cc(S(=O)(=O)Nc3ccc(C(=O)OC)cc3)ccc21. The van der Waals surface area contributed by atoms with Gasteiger partial charge in [-0.25, -0.2) is 13.2 Å². The maximum absolute atomic E-state index is 12.7. The van der Waals surface area contributed by atoms with E-state index in [1.54, 1.807) is 24.0 Å². The van der Waals surface area contributed by atoms with Crippen molar-refractivity contribution in [3.8, 4) is 0 Å². The number of nitrogens with one attached hydrogen (secondary N) is 1. The Bertz CT molecular complexity index is 984. The van der Waals surface area contributed by atoms with Gasteiger partial charge in [0.15, 0.2) is 0 Å². The Morgan fingerprint density at radius 2 is 1.85 bits per heavy atom. The monoisotopic (exact) mass is 388 g/mol. The zero-order chi connectivity index (χ0) is 19.6. The van der Waals surface area contributed by atoms with Gasteiger partial charge in [0.1, 0.15) is 0 Å². The van der Waals surface area contributed by atoms with Crippen molar-refractivity contribution in [1.29, 1.82) is 0 Å². The van der Waals surface area contributed by atoms with E-state index in [4.69, 9.17) is 0 Å². The Labute approximate surface area is 158 Å². The van der Waals surface area contributed by atoms with Gasteiger partial charge < -0.3 is 9.64 Å². The van der Waals surface area contributed by atoms with E-state index in [2.05, 4.69) is 9.46 Å². The zero-order valence-electron chi connectivity index (χ0n) is 15.1. The molecule has 0 aliphatic carbocycles. The van der Waals surface area contributed by atoms with E-state index in [-0.39, 0.29) is 10.8 Å². The highest BCUT2D eigenvalue weighted by Crippen LogP contribution is 2.31. The van der Waals surface area contributed by atoms with Gasteiger partial charge in [-0.3, -0.25) is 9.52 Å². The highest BCUT2D eigenvalue weighted by atomic mass is 32.2. The standard InChI is InChI=1S/C19H20N2O5S/c1-3-18(22)21-11-10-14-12-16(8-9-17(14)21)27(24,25)20-15-6-4-13(5-7-15)19(23)26-2/h4-9,12,20H,3,10-11H2,1-2H3. The third-order valence-corrected chi connectivity index (χ3v) is 5.80. The fourth-order valence-corrected chi connectivity index (χ4v) is 4.11. The molecule has 0 saturated heterocycles. The number of nitrogens with zero attached hydrogens (tertiary/aromatic N) is 1. The Morgan fingerprint density at radius 1 is 1.15 bits per heavy atom. The molecule has 0 radical (unpaired) electrons. The highest BCUT2D eigenvalue weighted by molar-refractivity contribution is 7.92. The van der Waals surface area contributed by atoms with Gasteiger partial charge >= 0.3 is 5.97 Å². The van der Waals surface area contributed by atoms with Gasteiger partial charge in [0.25, 0.3) is 10.0 Å².